The molecule has 3 rings (SSSR count). The lowest BCUT2D eigenvalue weighted by molar-refractivity contribution is 0.0888. The Balaban J connectivity index is 0.00000280. The van der Waals surface area contributed by atoms with Gasteiger partial charge in [-0.3, -0.25) is 4.99 Å². The summed E-state index contributed by atoms with van der Waals surface area (Å²) in [5, 5.41) is 9.76. The van der Waals surface area contributed by atoms with Crippen molar-refractivity contribution in [3.05, 3.63) is 41.4 Å². The van der Waals surface area contributed by atoms with E-state index in [9.17, 15) is 0 Å². The van der Waals surface area contributed by atoms with E-state index in [1.807, 2.05) is 18.2 Å². The number of ether oxygens (including phenoxy) is 2. The Labute approximate surface area is 188 Å². The molecule has 1 saturated heterocycles. The summed E-state index contributed by atoms with van der Waals surface area (Å²) in [6, 6.07) is 10.2. The molecule has 6 nitrogen and oxygen atoms in total. The third kappa shape index (κ3) is 7.65. The van der Waals surface area contributed by atoms with Crippen LogP contribution in [0, 0.1) is 5.92 Å². The lowest BCUT2D eigenvalue weighted by Crippen LogP contribution is -2.37. The number of nitrogens with zero attached hydrogens (tertiary/aromatic N) is 2. The molecule has 2 heterocycles. The maximum absolute atomic E-state index is 5.72. The van der Waals surface area contributed by atoms with Gasteiger partial charge in [-0.2, -0.15) is 0 Å². The standard InChI is InChI=1S/C20H28N4O2S.HI/c1-21-20(22-9-5-10-25-13-16-8-11-26-14-16)23-12-18-15-27-19(24-18)17-6-3-2-4-7-17;/h2-4,6-7,15-16H,5,8-14H2,1H3,(H2,21,22,23);1H. The SMILES string of the molecule is CN=C(NCCCOCC1CCOC1)NCc1csc(-c2ccccc2)n1.I. The molecule has 0 saturated carbocycles. The molecular formula is C20H29IN4O2S. The summed E-state index contributed by atoms with van der Waals surface area (Å²) in [7, 11) is 1.78. The first-order valence-electron chi connectivity index (χ1n) is 9.45. The van der Waals surface area contributed by atoms with E-state index in [4.69, 9.17) is 9.47 Å². The van der Waals surface area contributed by atoms with E-state index in [2.05, 4.69) is 38.1 Å². The van der Waals surface area contributed by atoms with Crippen molar-refractivity contribution < 1.29 is 9.47 Å². The minimum absolute atomic E-state index is 0. The van der Waals surface area contributed by atoms with Gasteiger partial charge in [-0.05, 0) is 12.8 Å². The highest BCUT2D eigenvalue weighted by Gasteiger charge is 2.15. The smallest absolute Gasteiger partial charge is 0.191 e. The number of aliphatic imine (C=N–C) groups is 1. The molecule has 28 heavy (non-hydrogen) atoms. The molecule has 1 fully saturated rings. The van der Waals surface area contributed by atoms with Crippen molar-refractivity contribution in [2.24, 2.45) is 10.9 Å². The van der Waals surface area contributed by atoms with E-state index < -0.39 is 0 Å². The number of aromatic nitrogens is 1. The van der Waals surface area contributed by atoms with Gasteiger partial charge in [-0.25, -0.2) is 4.98 Å². The molecule has 1 atom stereocenters. The van der Waals surface area contributed by atoms with Crippen molar-refractivity contribution in [3.8, 4) is 10.6 Å². The van der Waals surface area contributed by atoms with Crippen LogP contribution in [-0.2, 0) is 16.0 Å². The summed E-state index contributed by atoms with van der Waals surface area (Å²) in [5.41, 5.74) is 2.17. The fourth-order valence-corrected chi connectivity index (χ4v) is 3.67. The summed E-state index contributed by atoms with van der Waals surface area (Å²) in [6.45, 7) is 4.77. The second kappa shape index (κ2) is 13.1. The molecule has 1 unspecified atom stereocenters. The van der Waals surface area contributed by atoms with Gasteiger partial charge < -0.3 is 20.1 Å². The van der Waals surface area contributed by atoms with Gasteiger partial charge in [0.2, 0.25) is 0 Å². The Morgan fingerprint density at radius 2 is 2.18 bits per heavy atom. The molecule has 0 aliphatic carbocycles. The van der Waals surface area contributed by atoms with Gasteiger partial charge in [0.1, 0.15) is 5.01 Å². The van der Waals surface area contributed by atoms with Crippen LogP contribution in [0.3, 0.4) is 0 Å². The Hall–Kier alpha value is -1.23. The zero-order chi connectivity index (χ0) is 18.7. The van der Waals surface area contributed by atoms with Gasteiger partial charge >= 0.3 is 0 Å². The molecule has 2 N–H and O–H groups in total. The molecule has 154 valence electrons. The average Bonchev–Trinajstić information content (AvgIpc) is 3.39. The number of hydrogen-bond acceptors (Lipinski definition) is 5. The van der Waals surface area contributed by atoms with Crippen LogP contribution in [-0.4, -0.2) is 51.0 Å². The third-order valence-corrected chi connectivity index (χ3v) is 5.31. The molecule has 0 bridgehead atoms. The number of hydrogen-bond donors (Lipinski definition) is 2. The van der Waals surface area contributed by atoms with Crippen molar-refractivity contribution in [2.75, 3.05) is 40.0 Å². The van der Waals surface area contributed by atoms with Crippen molar-refractivity contribution in [2.45, 2.75) is 19.4 Å². The second-order valence-corrected chi connectivity index (χ2v) is 7.38. The first-order chi connectivity index (χ1) is 13.3. The summed E-state index contributed by atoms with van der Waals surface area (Å²) in [4.78, 5) is 8.95. The van der Waals surface area contributed by atoms with Crippen molar-refractivity contribution in [1.82, 2.24) is 15.6 Å². The number of guanidine groups is 1. The van der Waals surface area contributed by atoms with E-state index in [0.29, 0.717) is 12.5 Å². The number of halogens is 1. The van der Waals surface area contributed by atoms with Crippen LogP contribution in [0.4, 0.5) is 0 Å². The van der Waals surface area contributed by atoms with Crippen molar-refractivity contribution >= 4 is 41.3 Å². The number of benzene rings is 1. The minimum Gasteiger partial charge on any atom is -0.381 e. The Bertz CT molecular complexity index is 705. The summed E-state index contributed by atoms with van der Waals surface area (Å²) in [6.07, 6.45) is 2.07. The van der Waals surface area contributed by atoms with Gasteiger partial charge in [0.15, 0.2) is 5.96 Å². The maximum Gasteiger partial charge on any atom is 0.191 e. The van der Waals surface area contributed by atoms with Crippen LogP contribution in [0.15, 0.2) is 40.7 Å². The molecule has 0 radical (unpaired) electrons. The highest BCUT2D eigenvalue weighted by atomic mass is 127. The van der Waals surface area contributed by atoms with Gasteiger partial charge in [0.05, 0.1) is 25.5 Å². The lowest BCUT2D eigenvalue weighted by atomic mass is 10.1. The Kier molecular flexibility index (Phi) is 10.8. The first-order valence-corrected chi connectivity index (χ1v) is 10.3. The largest absolute Gasteiger partial charge is 0.381 e. The molecular weight excluding hydrogens is 487 g/mol. The van der Waals surface area contributed by atoms with Gasteiger partial charge in [-0.15, -0.1) is 35.3 Å². The van der Waals surface area contributed by atoms with Crippen LogP contribution in [0.2, 0.25) is 0 Å². The fraction of sp³-hybridized carbons (Fsp3) is 0.500. The normalized spacial score (nSPS) is 16.6. The topological polar surface area (TPSA) is 67.8 Å². The quantitative estimate of drug-likeness (QED) is 0.231. The van der Waals surface area contributed by atoms with Gasteiger partial charge in [0.25, 0.3) is 0 Å². The van der Waals surface area contributed by atoms with Crippen molar-refractivity contribution in [1.29, 1.82) is 0 Å². The van der Waals surface area contributed by atoms with Crippen molar-refractivity contribution in [3.63, 3.8) is 0 Å². The summed E-state index contributed by atoms with van der Waals surface area (Å²) < 4.78 is 11.1. The molecule has 1 aliphatic rings. The van der Waals surface area contributed by atoms with E-state index in [-0.39, 0.29) is 24.0 Å². The van der Waals surface area contributed by atoms with Gasteiger partial charge in [-0.1, -0.05) is 30.3 Å². The van der Waals surface area contributed by atoms with E-state index in [1.165, 1.54) is 0 Å². The first kappa shape index (κ1) is 23.1. The third-order valence-electron chi connectivity index (χ3n) is 4.37. The maximum atomic E-state index is 5.72. The predicted molar refractivity (Wildman–Crippen MR) is 126 cm³/mol. The summed E-state index contributed by atoms with van der Waals surface area (Å²) in [5.74, 6) is 1.36. The molecule has 8 heteroatoms. The average molecular weight is 516 g/mol. The van der Waals surface area contributed by atoms with E-state index >= 15 is 0 Å². The van der Waals surface area contributed by atoms with Crippen LogP contribution in [0.5, 0.6) is 0 Å². The predicted octanol–water partition coefficient (Wildman–Crippen LogP) is 3.54. The number of nitrogens with one attached hydrogen (secondary N) is 2. The molecule has 0 amide bonds. The number of rotatable bonds is 9. The minimum atomic E-state index is 0. The van der Waals surface area contributed by atoms with Gasteiger partial charge in [0, 0.05) is 43.7 Å². The lowest BCUT2D eigenvalue weighted by Gasteiger charge is -2.12. The molecule has 1 aromatic carbocycles. The van der Waals surface area contributed by atoms with E-state index in [0.717, 1.165) is 68.0 Å². The summed E-state index contributed by atoms with van der Waals surface area (Å²) >= 11 is 1.66. The monoisotopic (exact) mass is 516 g/mol. The molecule has 1 aromatic heterocycles. The number of thiazole rings is 1. The Morgan fingerprint density at radius 1 is 1.32 bits per heavy atom. The van der Waals surface area contributed by atoms with E-state index in [1.54, 1.807) is 18.4 Å². The van der Waals surface area contributed by atoms with Crippen LogP contribution in [0.25, 0.3) is 10.6 Å². The van der Waals surface area contributed by atoms with Crippen LogP contribution < -0.4 is 10.6 Å². The van der Waals surface area contributed by atoms with Crippen LogP contribution >= 0.6 is 35.3 Å². The highest BCUT2D eigenvalue weighted by Crippen LogP contribution is 2.23. The molecule has 1 aliphatic heterocycles. The fourth-order valence-electron chi connectivity index (χ4n) is 2.84. The highest BCUT2D eigenvalue weighted by molar-refractivity contribution is 14.0. The molecule has 0 spiro atoms. The zero-order valence-electron chi connectivity index (χ0n) is 16.2. The van der Waals surface area contributed by atoms with Crippen LogP contribution in [0.1, 0.15) is 18.5 Å². The molecule has 2 aromatic rings. The Morgan fingerprint density at radius 3 is 2.93 bits per heavy atom. The zero-order valence-corrected chi connectivity index (χ0v) is 19.4. The second-order valence-electron chi connectivity index (χ2n) is 6.52.